The Labute approximate surface area is 177 Å². The van der Waals surface area contributed by atoms with Crippen LogP contribution in [0.2, 0.25) is 0 Å². The number of hydrogen-bond donors (Lipinski definition) is 0. The third-order valence-corrected chi connectivity index (χ3v) is 5.81. The Balaban J connectivity index is 1.93. The van der Waals surface area contributed by atoms with Gasteiger partial charge in [0.2, 0.25) is 0 Å². The summed E-state index contributed by atoms with van der Waals surface area (Å²) < 4.78 is 11.3. The Morgan fingerprint density at radius 3 is 2.24 bits per heavy atom. The van der Waals surface area contributed by atoms with Gasteiger partial charge in [0.1, 0.15) is 11.2 Å². The summed E-state index contributed by atoms with van der Waals surface area (Å²) >= 11 is 1.62. The van der Waals surface area contributed by atoms with E-state index in [0.717, 1.165) is 16.1 Å². The fraction of sp³-hybridized carbons (Fsp3) is 0.636. The highest BCUT2D eigenvalue weighted by Crippen LogP contribution is 2.49. The van der Waals surface area contributed by atoms with Crippen LogP contribution < -0.4 is 4.90 Å². The highest BCUT2D eigenvalue weighted by molar-refractivity contribution is 7.98. The number of piperidine rings is 1. The molecule has 3 rings (SSSR count). The number of likely N-dealkylation sites (tertiary alicyclic amines) is 1. The van der Waals surface area contributed by atoms with Crippen LogP contribution in [0.3, 0.4) is 0 Å². The predicted molar refractivity (Wildman–Crippen MR) is 116 cm³/mol. The van der Waals surface area contributed by atoms with Gasteiger partial charge in [0.15, 0.2) is 0 Å². The smallest absolute Gasteiger partial charge is 0.415 e. The number of carbonyl (C=O) groups is 2. The SMILES string of the molecule is CSc1cccc2c1N(C(=O)OC(C)(C)C)[C@@H]1CCN(C(=O)OC(C)(C)C)C[C@H]21. The van der Waals surface area contributed by atoms with E-state index in [2.05, 4.69) is 6.07 Å². The zero-order valence-electron chi connectivity index (χ0n) is 18.4. The number of para-hydroxylation sites is 1. The molecule has 1 fully saturated rings. The molecule has 0 aliphatic carbocycles. The van der Waals surface area contributed by atoms with E-state index in [-0.39, 0.29) is 24.1 Å². The van der Waals surface area contributed by atoms with Crippen molar-refractivity contribution in [1.82, 2.24) is 4.90 Å². The van der Waals surface area contributed by atoms with Crippen molar-refractivity contribution in [2.45, 2.75) is 76.0 Å². The average Bonchev–Trinajstić information content (AvgIpc) is 2.92. The molecule has 2 heterocycles. The zero-order chi connectivity index (χ0) is 21.6. The number of ether oxygens (including phenoxy) is 2. The molecule has 0 saturated carbocycles. The van der Waals surface area contributed by atoms with Crippen LogP contribution in [0, 0.1) is 0 Å². The van der Waals surface area contributed by atoms with Crippen molar-refractivity contribution >= 4 is 29.6 Å². The molecule has 1 saturated heterocycles. The minimum Gasteiger partial charge on any atom is -0.444 e. The molecule has 29 heavy (non-hydrogen) atoms. The topological polar surface area (TPSA) is 59.1 Å². The van der Waals surface area contributed by atoms with Crippen LogP contribution in [0.15, 0.2) is 23.1 Å². The predicted octanol–water partition coefficient (Wildman–Crippen LogP) is 5.26. The largest absolute Gasteiger partial charge is 0.444 e. The lowest BCUT2D eigenvalue weighted by Crippen LogP contribution is -2.51. The highest BCUT2D eigenvalue weighted by atomic mass is 32.2. The fourth-order valence-corrected chi connectivity index (χ4v) is 4.64. The quantitative estimate of drug-likeness (QED) is 0.580. The summed E-state index contributed by atoms with van der Waals surface area (Å²) in [6.45, 7) is 12.3. The van der Waals surface area contributed by atoms with Gasteiger partial charge < -0.3 is 14.4 Å². The minimum absolute atomic E-state index is 0.0214. The fourth-order valence-electron chi connectivity index (χ4n) is 4.01. The molecule has 2 amide bonds. The molecule has 1 aromatic rings. The summed E-state index contributed by atoms with van der Waals surface area (Å²) in [6.07, 6.45) is 2.08. The molecule has 0 radical (unpaired) electrons. The minimum atomic E-state index is -0.569. The van der Waals surface area contributed by atoms with Crippen molar-refractivity contribution in [3.8, 4) is 0 Å². The second-order valence-electron chi connectivity index (χ2n) is 9.64. The lowest BCUT2D eigenvalue weighted by molar-refractivity contribution is 0.0185. The van der Waals surface area contributed by atoms with Gasteiger partial charge in [-0.15, -0.1) is 11.8 Å². The van der Waals surface area contributed by atoms with Crippen LogP contribution in [0.25, 0.3) is 0 Å². The first kappa shape index (κ1) is 21.8. The molecule has 6 nitrogen and oxygen atoms in total. The standard InChI is InChI=1S/C22H32N2O4S/c1-21(2,3)27-19(25)23-12-11-16-15(13-23)14-9-8-10-17(29-7)18(14)24(16)20(26)28-22(4,5)6/h8-10,15-16H,11-13H2,1-7H3/t15-,16-/m1/s1. The van der Waals surface area contributed by atoms with Crippen molar-refractivity contribution in [3.63, 3.8) is 0 Å². The van der Waals surface area contributed by atoms with E-state index in [0.29, 0.717) is 19.5 Å². The van der Waals surface area contributed by atoms with Gasteiger partial charge in [-0.2, -0.15) is 0 Å². The Morgan fingerprint density at radius 2 is 1.66 bits per heavy atom. The first-order valence-electron chi connectivity index (χ1n) is 10.1. The maximum absolute atomic E-state index is 13.1. The van der Waals surface area contributed by atoms with E-state index >= 15 is 0 Å². The summed E-state index contributed by atoms with van der Waals surface area (Å²) in [5.74, 6) is 0.0471. The molecule has 160 valence electrons. The second-order valence-corrected chi connectivity index (χ2v) is 10.5. The number of amides is 2. The van der Waals surface area contributed by atoms with Crippen LogP contribution in [-0.4, -0.2) is 53.7 Å². The third kappa shape index (κ3) is 4.65. The number of thioether (sulfide) groups is 1. The maximum atomic E-state index is 13.1. The summed E-state index contributed by atoms with van der Waals surface area (Å²) in [5, 5.41) is 0. The monoisotopic (exact) mass is 420 g/mol. The molecular formula is C22H32N2O4S. The first-order chi connectivity index (χ1) is 13.4. The van der Waals surface area contributed by atoms with Gasteiger partial charge in [0, 0.05) is 23.9 Å². The van der Waals surface area contributed by atoms with Crippen LogP contribution >= 0.6 is 11.8 Å². The molecule has 0 aromatic heterocycles. The van der Waals surface area contributed by atoms with Gasteiger partial charge in [-0.25, -0.2) is 9.59 Å². The number of benzene rings is 1. The van der Waals surface area contributed by atoms with E-state index < -0.39 is 11.2 Å². The molecule has 7 heteroatoms. The van der Waals surface area contributed by atoms with Crippen molar-refractivity contribution < 1.29 is 19.1 Å². The number of anilines is 1. The van der Waals surface area contributed by atoms with Crippen molar-refractivity contribution in [1.29, 1.82) is 0 Å². The Morgan fingerprint density at radius 1 is 1.03 bits per heavy atom. The third-order valence-electron chi connectivity index (χ3n) is 5.04. The lowest BCUT2D eigenvalue weighted by atomic mass is 9.89. The summed E-state index contributed by atoms with van der Waals surface area (Å²) in [6, 6.07) is 6.10. The van der Waals surface area contributed by atoms with E-state index in [1.807, 2.05) is 64.8 Å². The molecule has 2 aliphatic rings. The molecule has 0 spiro atoms. The van der Waals surface area contributed by atoms with Crippen molar-refractivity contribution in [3.05, 3.63) is 23.8 Å². The van der Waals surface area contributed by atoms with Gasteiger partial charge in [0.25, 0.3) is 0 Å². The second kappa shape index (κ2) is 7.74. The summed E-state index contributed by atoms with van der Waals surface area (Å²) in [5.41, 5.74) is 0.924. The zero-order valence-corrected chi connectivity index (χ0v) is 19.3. The van der Waals surface area contributed by atoms with E-state index in [9.17, 15) is 9.59 Å². The summed E-state index contributed by atoms with van der Waals surface area (Å²) in [7, 11) is 0. The Bertz CT molecular complexity index is 797. The van der Waals surface area contributed by atoms with E-state index in [1.54, 1.807) is 16.7 Å². The number of nitrogens with zero attached hydrogens (tertiary/aromatic N) is 2. The normalized spacial score (nSPS) is 21.5. The van der Waals surface area contributed by atoms with Crippen LogP contribution in [0.4, 0.5) is 15.3 Å². The van der Waals surface area contributed by atoms with Gasteiger partial charge in [0.05, 0.1) is 11.7 Å². The van der Waals surface area contributed by atoms with E-state index in [1.165, 1.54) is 0 Å². The molecule has 1 aromatic carbocycles. The van der Waals surface area contributed by atoms with Gasteiger partial charge >= 0.3 is 12.2 Å². The lowest BCUT2D eigenvalue weighted by Gasteiger charge is -2.38. The Kier molecular flexibility index (Phi) is 5.82. The molecule has 0 unspecified atom stereocenters. The van der Waals surface area contributed by atoms with Gasteiger partial charge in [-0.05, 0) is 65.8 Å². The number of fused-ring (bicyclic) bond motifs is 3. The van der Waals surface area contributed by atoms with Crippen LogP contribution in [0.5, 0.6) is 0 Å². The average molecular weight is 421 g/mol. The molecule has 0 bridgehead atoms. The van der Waals surface area contributed by atoms with Crippen LogP contribution in [0.1, 0.15) is 59.4 Å². The molecule has 2 aliphatic heterocycles. The maximum Gasteiger partial charge on any atom is 0.415 e. The van der Waals surface area contributed by atoms with Crippen LogP contribution in [-0.2, 0) is 9.47 Å². The van der Waals surface area contributed by atoms with Gasteiger partial charge in [-0.3, -0.25) is 4.90 Å². The Hall–Kier alpha value is -1.89. The molecular weight excluding hydrogens is 388 g/mol. The molecule has 2 atom stereocenters. The first-order valence-corrected chi connectivity index (χ1v) is 11.3. The van der Waals surface area contributed by atoms with Crippen molar-refractivity contribution in [2.24, 2.45) is 0 Å². The molecule has 0 N–H and O–H groups in total. The number of hydrogen-bond acceptors (Lipinski definition) is 5. The van der Waals surface area contributed by atoms with Gasteiger partial charge in [-0.1, -0.05) is 12.1 Å². The number of rotatable bonds is 1. The summed E-state index contributed by atoms with van der Waals surface area (Å²) in [4.78, 5) is 30.4. The van der Waals surface area contributed by atoms with E-state index in [4.69, 9.17) is 9.47 Å². The van der Waals surface area contributed by atoms with Crippen molar-refractivity contribution in [2.75, 3.05) is 24.2 Å². The highest BCUT2D eigenvalue weighted by Gasteiger charge is 2.48. The number of carbonyl (C=O) groups excluding carboxylic acids is 2.